The van der Waals surface area contributed by atoms with E-state index in [-0.39, 0.29) is 5.91 Å². The van der Waals surface area contributed by atoms with Crippen LogP contribution in [0.2, 0.25) is 5.02 Å². The summed E-state index contributed by atoms with van der Waals surface area (Å²) < 4.78 is 1.94. The van der Waals surface area contributed by atoms with Gasteiger partial charge in [-0.25, -0.2) is 4.98 Å². The lowest BCUT2D eigenvalue weighted by atomic mass is 10.2. The normalized spacial score (nSPS) is 11.0. The molecule has 1 amide bonds. The largest absolute Gasteiger partial charge is 0.346 e. The standard InChI is InChI=1S/C14H12ClN3OS2/c1-20-10-2-3-12(15)11(6-10)13(19)16-7-9-8-18-4-5-21-14(18)17-9/h2-6,8H,7H2,1H3,(H,16,19). The van der Waals surface area contributed by atoms with E-state index in [9.17, 15) is 4.79 Å². The maximum Gasteiger partial charge on any atom is 0.253 e. The number of carbonyl (C=O) groups is 1. The number of halogens is 1. The van der Waals surface area contributed by atoms with E-state index in [1.807, 2.05) is 34.5 Å². The number of thiazole rings is 1. The van der Waals surface area contributed by atoms with Crippen molar-refractivity contribution in [1.29, 1.82) is 0 Å². The molecule has 4 nitrogen and oxygen atoms in total. The third-order valence-corrected chi connectivity index (χ3v) is 4.82. The van der Waals surface area contributed by atoms with Gasteiger partial charge in [0.15, 0.2) is 4.96 Å². The van der Waals surface area contributed by atoms with Crippen molar-refractivity contribution in [3.63, 3.8) is 0 Å². The zero-order valence-electron chi connectivity index (χ0n) is 11.2. The third kappa shape index (κ3) is 3.07. The van der Waals surface area contributed by atoms with Crippen LogP contribution in [0.15, 0.2) is 40.9 Å². The summed E-state index contributed by atoms with van der Waals surface area (Å²) in [6.45, 7) is 0.382. The molecule has 21 heavy (non-hydrogen) atoms. The molecule has 0 aliphatic heterocycles. The highest BCUT2D eigenvalue weighted by molar-refractivity contribution is 7.98. The van der Waals surface area contributed by atoms with Gasteiger partial charge >= 0.3 is 0 Å². The summed E-state index contributed by atoms with van der Waals surface area (Å²) in [5, 5.41) is 5.28. The predicted octanol–water partition coefficient (Wildman–Crippen LogP) is 3.70. The van der Waals surface area contributed by atoms with Crippen LogP contribution in [0.3, 0.4) is 0 Å². The zero-order valence-corrected chi connectivity index (χ0v) is 13.6. The number of nitrogens with one attached hydrogen (secondary N) is 1. The maximum absolute atomic E-state index is 12.2. The number of aromatic nitrogens is 2. The Balaban J connectivity index is 1.72. The van der Waals surface area contributed by atoms with Crippen molar-refractivity contribution in [2.75, 3.05) is 6.26 Å². The zero-order chi connectivity index (χ0) is 14.8. The molecule has 0 aliphatic rings. The number of nitrogens with zero attached hydrogens (tertiary/aromatic N) is 2. The minimum atomic E-state index is -0.188. The van der Waals surface area contributed by atoms with Gasteiger partial charge in [0, 0.05) is 22.7 Å². The van der Waals surface area contributed by atoms with Crippen LogP contribution in [-0.4, -0.2) is 21.5 Å². The lowest BCUT2D eigenvalue weighted by Crippen LogP contribution is -2.23. The molecule has 0 atom stereocenters. The third-order valence-electron chi connectivity index (χ3n) is 2.99. The molecule has 3 rings (SSSR count). The average molecular weight is 338 g/mol. The maximum atomic E-state index is 12.2. The van der Waals surface area contributed by atoms with Crippen molar-refractivity contribution in [2.45, 2.75) is 11.4 Å². The van der Waals surface area contributed by atoms with Gasteiger partial charge in [-0.1, -0.05) is 11.6 Å². The molecule has 108 valence electrons. The van der Waals surface area contributed by atoms with Gasteiger partial charge in [-0.2, -0.15) is 0 Å². The van der Waals surface area contributed by atoms with Crippen molar-refractivity contribution in [2.24, 2.45) is 0 Å². The van der Waals surface area contributed by atoms with E-state index in [1.165, 1.54) is 0 Å². The topological polar surface area (TPSA) is 46.4 Å². The molecule has 0 aliphatic carbocycles. The quantitative estimate of drug-likeness (QED) is 0.738. The number of rotatable bonds is 4. The molecule has 2 heterocycles. The highest BCUT2D eigenvalue weighted by Crippen LogP contribution is 2.23. The molecule has 1 aromatic carbocycles. The molecule has 7 heteroatoms. The molecular weight excluding hydrogens is 326 g/mol. The Morgan fingerprint density at radius 2 is 2.38 bits per heavy atom. The van der Waals surface area contributed by atoms with E-state index in [2.05, 4.69) is 10.3 Å². The molecular formula is C14H12ClN3OS2. The molecule has 2 aromatic heterocycles. The number of benzene rings is 1. The van der Waals surface area contributed by atoms with E-state index in [0.717, 1.165) is 15.6 Å². The fourth-order valence-electron chi connectivity index (χ4n) is 1.93. The summed E-state index contributed by atoms with van der Waals surface area (Å²) in [6.07, 6.45) is 5.81. The van der Waals surface area contributed by atoms with Crippen LogP contribution in [-0.2, 0) is 6.54 Å². The Kier molecular flexibility index (Phi) is 4.19. The van der Waals surface area contributed by atoms with Crippen molar-refractivity contribution in [3.05, 3.63) is 52.3 Å². The molecule has 0 saturated heterocycles. The Labute approximate surface area is 135 Å². The monoisotopic (exact) mass is 337 g/mol. The summed E-state index contributed by atoms with van der Waals surface area (Å²) in [4.78, 5) is 18.6. The number of thioether (sulfide) groups is 1. The molecule has 0 unspecified atom stereocenters. The number of amides is 1. The second-order valence-corrected chi connectivity index (χ2v) is 6.51. The first-order valence-electron chi connectivity index (χ1n) is 6.20. The average Bonchev–Trinajstić information content (AvgIpc) is 3.06. The first-order chi connectivity index (χ1) is 10.2. The highest BCUT2D eigenvalue weighted by atomic mass is 35.5. The minimum absolute atomic E-state index is 0.188. The fourth-order valence-corrected chi connectivity index (χ4v) is 3.29. The lowest BCUT2D eigenvalue weighted by Gasteiger charge is -2.07. The number of hydrogen-bond donors (Lipinski definition) is 1. The van der Waals surface area contributed by atoms with Gasteiger partial charge in [0.2, 0.25) is 0 Å². The predicted molar refractivity (Wildman–Crippen MR) is 87.5 cm³/mol. The fraction of sp³-hybridized carbons (Fsp3) is 0.143. The van der Waals surface area contributed by atoms with Crippen LogP contribution in [0, 0.1) is 0 Å². The SMILES string of the molecule is CSc1ccc(Cl)c(C(=O)NCc2cn3ccsc3n2)c1. The minimum Gasteiger partial charge on any atom is -0.346 e. The van der Waals surface area contributed by atoms with Gasteiger partial charge in [0.1, 0.15) is 0 Å². The molecule has 0 saturated carbocycles. The van der Waals surface area contributed by atoms with Crippen molar-refractivity contribution < 1.29 is 4.79 Å². The van der Waals surface area contributed by atoms with Crippen LogP contribution in [0.4, 0.5) is 0 Å². The lowest BCUT2D eigenvalue weighted by molar-refractivity contribution is 0.0950. The smallest absolute Gasteiger partial charge is 0.253 e. The summed E-state index contributed by atoms with van der Waals surface area (Å²) in [7, 11) is 0. The molecule has 0 fully saturated rings. The van der Waals surface area contributed by atoms with Gasteiger partial charge in [-0.3, -0.25) is 9.20 Å². The first-order valence-corrected chi connectivity index (χ1v) is 8.68. The summed E-state index contributed by atoms with van der Waals surface area (Å²) in [5.74, 6) is -0.188. The van der Waals surface area contributed by atoms with E-state index in [1.54, 1.807) is 35.2 Å². The molecule has 3 aromatic rings. The van der Waals surface area contributed by atoms with Gasteiger partial charge in [0.25, 0.3) is 5.91 Å². The Morgan fingerprint density at radius 3 is 3.14 bits per heavy atom. The van der Waals surface area contributed by atoms with E-state index < -0.39 is 0 Å². The molecule has 0 bridgehead atoms. The summed E-state index contributed by atoms with van der Waals surface area (Å²) in [6, 6.07) is 5.44. The van der Waals surface area contributed by atoms with Crippen LogP contribution in [0.1, 0.15) is 16.1 Å². The first kappa shape index (κ1) is 14.4. The van der Waals surface area contributed by atoms with Crippen molar-refractivity contribution in [3.8, 4) is 0 Å². The van der Waals surface area contributed by atoms with Gasteiger partial charge in [-0.05, 0) is 24.5 Å². The van der Waals surface area contributed by atoms with Crippen molar-refractivity contribution >= 4 is 45.6 Å². The van der Waals surface area contributed by atoms with Crippen LogP contribution in [0.5, 0.6) is 0 Å². The molecule has 0 radical (unpaired) electrons. The summed E-state index contributed by atoms with van der Waals surface area (Å²) in [5.41, 5.74) is 1.32. The second-order valence-electron chi connectivity index (χ2n) is 4.35. The number of carbonyl (C=O) groups excluding carboxylic acids is 1. The highest BCUT2D eigenvalue weighted by Gasteiger charge is 2.12. The van der Waals surface area contributed by atoms with Gasteiger partial charge in [-0.15, -0.1) is 23.1 Å². The van der Waals surface area contributed by atoms with E-state index in [4.69, 9.17) is 11.6 Å². The Hall–Kier alpha value is -1.50. The molecule has 1 N–H and O–H groups in total. The number of hydrogen-bond acceptors (Lipinski definition) is 4. The van der Waals surface area contributed by atoms with Crippen LogP contribution < -0.4 is 5.32 Å². The Morgan fingerprint density at radius 1 is 1.52 bits per heavy atom. The second kappa shape index (κ2) is 6.09. The van der Waals surface area contributed by atoms with Crippen LogP contribution in [0.25, 0.3) is 4.96 Å². The van der Waals surface area contributed by atoms with E-state index >= 15 is 0 Å². The van der Waals surface area contributed by atoms with E-state index in [0.29, 0.717) is 17.1 Å². The van der Waals surface area contributed by atoms with Crippen molar-refractivity contribution in [1.82, 2.24) is 14.7 Å². The summed E-state index contributed by atoms with van der Waals surface area (Å²) >= 11 is 9.22. The van der Waals surface area contributed by atoms with Gasteiger partial charge in [0.05, 0.1) is 22.8 Å². The van der Waals surface area contributed by atoms with Gasteiger partial charge < -0.3 is 5.32 Å². The van der Waals surface area contributed by atoms with Crippen LogP contribution >= 0.6 is 34.7 Å². The molecule has 0 spiro atoms. The number of imidazole rings is 1. The number of fused-ring (bicyclic) bond motifs is 1. The Bertz CT molecular complexity index is 768.